The Morgan fingerprint density at radius 1 is 1.29 bits per heavy atom. The van der Waals surface area contributed by atoms with E-state index in [0.717, 1.165) is 11.1 Å². The quantitative estimate of drug-likeness (QED) is 0.803. The number of allylic oxidation sites excluding steroid dienone is 2. The van der Waals surface area contributed by atoms with Gasteiger partial charge < -0.3 is 5.73 Å². The summed E-state index contributed by atoms with van der Waals surface area (Å²) < 4.78 is 13.5. The van der Waals surface area contributed by atoms with Crippen molar-refractivity contribution in [2.45, 2.75) is 13.0 Å². The second kappa shape index (κ2) is 4.15. The average molecular weight is 228 g/mol. The number of benzene rings is 1. The highest BCUT2D eigenvalue weighted by atomic mass is 19.1. The van der Waals surface area contributed by atoms with Crippen LogP contribution in [0.25, 0.3) is 5.57 Å². The lowest BCUT2D eigenvalue weighted by Crippen LogP contribution is -2.41. The lowest BCUT2D eigenvalue weighted by Gasteiger charge is -2.33. The van der Waals surface area contributed by atoms with Crippen molar-refractivity contribution >= 4 is 5.57 Å². The van der Waals surface area contributed by atoms with Crippen LogP contribution < -0.4 is 5.73 Å². The van der Waals surface area contributed by atoms with Gasteiger partial charge in [-0.05, 0) is 24.1 Å². The molecule has 0 heterocycles. The Kier molecular flexibility index (Phi) is 2.83. The molecular formula is C14H13FN2. The summed E-state index contributed by atoms with van der Waals surface area (Å²) in [5.74, 6) is -0.450. The molecule has 1 aliphatic carbocycles. The monoisotopic (exact) mass is 228 g/mol. The van der Waals surface area contributed by atoms with E-state index in [2.05, 4.69) is 6.07 Å². The van der Waals surface area contributed by atoms with Crippen LogP contribution in [0, 0.1) is 16.7 Å². The molecule has 0 amide bonds. The van der Waals surface area contributed by atoms with Gasteiger partial charge in [-0.15, -0.1) is 0 Å². The van der Waals surface area contributed by atoms with Crippen molar-refractivity contribution < 1.29 is 4.39 Å². The summed E-state index contributed by atoms with van der Waals surface area (Å²) in [6.07, 6.45) is 2.98. The summed E-state index contributed by atoms with van der Waals surface area (Å²) in [5, 5.41) is 9.31. The number of hydrogen-bond donors (Lipinski definition) is 1. The van der Waals surface area contributed by atoms with Crippen LogP contribution in [0.2, 0.25) is 0 Å². The van der Waals surface area contributed by atoms with Crippen LogP contribution in [0.5, 0.6) is 0 Å². The van der Waals surface area contributed by atoms with Crippen molar-refractivity contribution in [3.05, 3.63) is 53.9 Å². The number of hydrogen-bond acceptors (Lipinski definition) is 2. The van der Waals surface area contributed by atoms with Crippen molar-refractivity contribution in [3.63, 3.8) is 0 Å². The maximum atomic E-state index is 13.5. The van der Waals surface area contributed by atoms with Crippen molar-refractivity contribution in [2.75, 3.05) is 0 Å². The molecule has 3 heteroatoms. The van der Waals surface area contributed by atoms with E-state index in [-0.39, 0.29) is 0 Å². The molecule has 2 nitrogen and oxygen atoms in total. The van der Waals surface area contributed by atoms with Crippen LogP contribution >= 0.6 is 0 Å². The van der Waals surface area contributed by atoms with Gasteiger partial charge in [-0.2, -0.15) is 5.26 Å². The Balaban J connectivity index is 2.57. The third-order valence-electron chi connectivity index (χ3n) is 3.20. The maximum Gasteiger partial charge on any atom is 0.119 e. The largest absolute Gasteiger partial charge is 0.320 e. The molecule has 2 atom stereocenters. The summed E-state index contributed by atoms with van der Waals surface area (Å²) in [6.45, 7) is 1.67. The molecule has 0 bridgehead atoms. The van der Waals surface area contributed by atoms with Crippen molar-refractivity contribution in [2.24, 2.45) is 11.1 Å². The van der Waals surface area contributed by atoms with Crippen LogP contribution in [-0.2, 0) is 0 Å². The molecule has 1 aliphatic rings. The summed E-state index contributed by atoms with van der Waals surface area (Å²) in [7, 11) is 0. The first-order chi connectivity index (χ1) is 8.09. The van der Waals surface area contributed by atoms with Gasteiger partial charge in [-0.25, -0.2) is 4.39 Å². The number of nitriles is 1. The molecule has 2 unspecified atom stereocenters. The zero-order valence-corrected chi connectivity index (χ0v) is 9.52. The third kappa shape index (κ3) is 1.77. The molecule has 17 heavy (non-hydrogen) atoms. The van der Waals surface area contributed by atoms with Gasteiger partial charge in [0, 0.05) is 0 Å². The normalized spacial score (nSPS) is 28.0. The van der Waals surface area contributed by atoms with E-state index in [0.29, 0.717) is 0 Å². The van der Waals surface area contributed by atoms with Gasteiger partial charge in [-0.3, -0.25) is 0 Å². The molecule has 2 N–H and O–H groups in total. The fourth-order valence-electron chi connectivity index (χ4n) is 2.03. The second-order valence-electron chi connectivity index (χ2n) is 4.29. The number of halogens is 1. The van der Waals surface area contributed by atoms with E-state index in [9.17, 15) is 9.65 Å². The van der Waals surface area contributed by atoms with Crippen LogP contribution in [0.3, 0.4) is 0 Å². The zero-order valence-electron chi connectivity index (χ0n) is 9.52. The summed E-state index contributed by atoms with van der Waals surface area (Å²) >= 11 is 0. The maximum absolute atomic E-state index is 13.5. The molecule has 0 aliphatic heterocycles. The minimum absolute atomic E-state index is 0.450. The standard InChI is InChI=1S/C14H13FN2/c1-14(9-16)11(7-8-12(15)13(14)17)10-5-3-2-4-6-10/h2-8,13H,17H2,1H3. The van der Waals surface area contributed by atoms with Crippen molar-refractivity contribution in [1.82, 2.24) is 0 Å². The first-order valence-corrected chi connectivity index (χ1v) is 5.39. The van der Waals surface area contributed by atoms with Crippen LogP contribution in [0.1, 0.15) is 12.5 Å². The molecule has 0 spiro atoms. The van der Waals surface area contributed by atoms with Crippen molar-refractivity contribution in [3.8, 4) is 6.07 Å². The van der Waals surface area contributed by atoms with Gasteiger partial charge >= 0.3 is 0 Å². The molecule has 86 valence electrons. The van der Waals surface area contributed by atoms with Gasteiger partial charge in [0.25, 0.3) is 0 Å². The molecule has 1 aromatic rings. The van der Waals surface area contributed by atoms with E-state index < -0.39 is 17.3 Å². The number of nitrogens with two attached hydrogens (primary N) is 1. The van der Waals surface area contributed by atoms with E-state index >= 15 is 0 Å². The summed E-state index contributed by atoms with van der Waals surface area (Å²) in [4.78, 5) is 0. The Bertz CT molecular complexity index is 525. The predicted molar refractivity (Wildman–Crippen MR) is 65.3 cm³/mol. The topological polar surface area (TPSA) is 49.8 Å². The second-order valence-corrected chi connectivity index (χ2v) is 4.29. The Hall–Kier alpha value is -1.92. The van der Waals surface area contributed by atoms with Gasteiger partial charge in [0.05, 0.1) is 12.1 Å². The van der Waals surface area contributed by atoms with Crippen LogP contribution in [-0.4, -0.2) is 6.04 Å². The lowest BCUT2D eigenvalue weighted by molar-refractivity contribution is 0.414. The molecule has 0 saturated heterocycles. The molecule has 2 rings (SSSR count). The fourth-order valence-corrected chi connectivity index (χ4v) is 2.03. The molecule has 0 saturated carbocycles. The first kappa shape index (κ1) is 11.6. The van der Waals surface area contributed by atoms with E-state index in [1.165, 1.54) is 6.08 Å². The van der Waals surface area contributed by atoms with Crippen LogP contribution in [0.4, 0.5) is 4.39 Å². The highest BCUT2D eigenvalue weighted by Gasteiger charge is 2.40. The minimum atomic E-state index is -1.03. The van der Waals surface area contributed by atoms with Gasteiger partial charge in [0.15, 0.2) is 0 Å². The molecule has 0 fully saturated rings. The summed E-state index contributed by atoms with van der Waals surface area (Å²) in [6, 6.07) is 10.7. The van der Waals surface area contributed by atoms with E-state index in [1.807, 2.05) is 30.3 Å². The predicted octanol–water partition coefficient (Wildman–Crippen LogP) is 2.79. The van der Waals surface area contributed by atoms with Crippen LogP contribution in [0.15, 0.2) is 48.3 Å². The molecule has 0 radical (unpaired) electrons. The summed E-state index contributed by atoms with van der Waals surface area (Å²) in [5.41, 5.74) is 6.42. The van der Waals surface area contributed by atoms with Gasteiger partial charge in [0.1, 0.15) is 11.2 Å². The average Bonchev–Trinajstić information content (AvgIpc) is 2.37. The Morgan fingerprint density at radius 2 is 1.94 bits per heavy atom. The Morgan fingerprint density at radius 3 is 2.53 bits per heavy atom. The van der Waals surface area contributed by atoms with Gasteiger partial charge in [0.2, 0.25) is 0 Å². The van der Waals surface area contributed by atoms with E-state index in [4.69, 9.17) is 5.73 Å². The molecule has 0 aromatic heterocycles. The first-order valence-electron chi connectivity index (χ1n) is 5.39. The highest BCUT2D eigenvalue weighted by Crippen LogP contribution is 2.42. The third-order valence-corrected chi connectivity index (χ3v) is 3.20. The SMILES string of the molecule is CC1(C#N)C(c2ccccc2)=CC=C(F)C1N. The Labute approximate surface area is 99.9 Å². The van der Waals surface area contributed by atoms with E-state index in [1.54, 1.807) is 13.0 Å². The molecule has 1 aromatic carbocycles. The van der Waals surface area contributed by atoms with Crippen molar-refractivity contribution in [1.29, 1.82) is 5.26 Å². The fraction of sp³-hybridized carbons (Fsp3) is 0.214. The zero-order chi connectivity index (χ0) is 12.5. The van der Waals surface area contributed by atoms with Gasteiger partial charge in [-0.1, -0.05) is 36.4 Å². The highest BCUT2D eigenvalue weighted by molar-refractivity contribution is 5.76. The smallest absolute Gasteiger partial charge is 0.119 e. The number of nitrogens with zero attached hydrogens (tertiary/aromatic N) is 1. The lowest BCUT2D eigenvalue weighted by atomic mass is 9.71. The molecular weight excluding hydrogens is 215 g/mol. The number of rotatable bonds is 1. The minimum Gasteiger partial charge on any atom is -0.320 e.